The number of barbiturate groups is 1. The molecule has 1 saturated heterocycles. The van der Waals surface area contributed by atoms with E-state index < -0.39 is 17.8 Å². The van der Waals surface area contributed by atoms with Crippen LogP contribution in [0.4, 0.5) is 4.79 Å². The Morgan fingerprint density at radius 1 is 1.09 bits per heavy atom. The lowest BCUT2D eigenvalue weighted by Gasteiger charge is -2.25. The number of rotatable bonds is 6. The van der Waals surface area contributed by atoms with Crippen LogP contribution in [-0.2, 0) is 22.7 Å². The molecule has 7 nitrogen and oxygen atoms in total. The molecule has 4 amide bonds. The van der Waals surface area contributed by atoms with Crippen LogP contribution in [0.5, 0.6) is 5.75 Å². The van der Waals surface area contributed by atoms with Gasteiger partial charge < -0.3 is 9.15 Å². The number of carbonyl (C=O) groups is 3. The molecule has 10 heteroatoms. The van der Waals surface area contributed by atoms with Gasteiger partial charge in [0.2, 0.25) is 0 Å². The quantitative estimate of drug-likeness (QED) is 0.233. The summed E-state index contributed by atoms with van der Waals surface area (Å²) in [5.41, 5.74) is 1.23. The Morgan fingerprint density at radius 3 is 2.61 bits per heavy atom. The molecule has 1 aliphatic heterocycles. The highest BCUT2D eigenvalue weighted by molar-refractivity contribution is 14.1. The summed E-state index contributed by atoms with van der Waals surface area (Å²) < 4.78 is 11.8. The molecule has 168 valence electrons. The average Bonchev–Trinajstić information content (AvgIpc) is 3.28. The summed E-state index contributed by atoms with van der Waals surface area (Å²) in [6.07, 6.45) is 2.87. The van der Waals surface area contributed by atoms with Gasteiger partial charge >= 0.3 is 6.03 Å². The molecule has 0 saturated carbocycles. The number of hydrogen-bond donors (Lipinski definition) is 1. The Labute approximate surface area is 212 Å². The Morgan fingerprint density at radius 2 is 1.91 bits per heavy atom. The van der Waals surface area contributed by atoms with Gasteiger partial charge in [-0.15, -0.1) is 0 Å². The van der Waals surface area contributed by atoms with E-state index in [-0.39, 0.29) is 18.7 Å². The van der Waals surface area contributed by atoms with Crippen LogP contribution in [0.3, 0.4) is 0 Å². The maximum absolute atomic E-state index is 12.8. The molecule has 33 heavy (non-hydrogen) atoms. The molecule has 1 N–H and O–H groups in total. The number of nitrogens with one attached hydrogen (secondary N) is 1. The van der Waals surface area contributed by atoms with Crippen molar-refractivity contribution in [2.45, 2.75) is 13.2 Å². The van der Waals surface area contributed by atoms with E-state index in [1.54, 1.807) is 48.5 Å². The van der Waals surface area contributed by atoms with E-state index in [4.69, 9.17) is 32.4 Å². The highest BCUT2D eigenvalue weighted by Crippen LogP contribution is 2.27. The van der Waals surface area contributed by atoms with Crippen molar-refractivity contribution in [1.82, 2.24) is 10.2 Å². The highest BCUT2D eigenvalue weighted by atomic mass is 127. The van der Waals surface area contributed by atoms with Gasteiger partial charge in [0.25, 0.3) is 11.8 Å². The fourth-order valence-electron chi connectivity index (χ4n) is 3.08. The molecule has 1 fully saturated rings. The van der Waals surface area contributed by atoms with Crippen LogP contribution >= 0.6 is 45.8 Å². The van der Waals surface area contributed by atoms with E-state index in [9.17, 15) is 14.4 Å². The van der Waals surface area contributed by atoms with E-state index in [1.165, 1.54) is 12.3 Å². The predicted molar refractivity (Wildman–Crippen MR) is 131 cm³/mol. The first-order valence-corrected chi connectivity index (χ1v) is 11.4. The van der Waals surface area contributed by atoms with E-state index >= 15 is 0 Å². The third-order valence-electron chi connectivity index (χ3n) is 4.75. The van der Waals surface area contributed by atoms with Crippen LogP contribution < -0.4 is 10.1 Å². The van der Waals surface area contributed by atoms with Crippen LogP contribution in [-0.4, -0.2) is 22.7 Å². The molecule has 2 aromatic carbocycles. The summed E-state index contributed by atoms with van der Waals surface area (Å²) >= 11 is 14.2. The van der Waals surface area contributed by atoms with Gasteiger partial charge in [0, 0.05) is 15.6 Å². The van der Waals surface area contributed by atoms with Crippen molar-refractivity contribution < 1.29 is 23.5 Å². The molecular formula is C23H15Cl2IN2O5. The molecule has 1 aromatic heterocycles. The number of nitrogens with zero attached hydrogens (tertiary/aromatic N) is 1. The van der Waals surface area contributed by atoms with Crippen molar-refractivity contribution in [1.29, 1.82) is 0 Å². The maximum Gasteiger partial charge on any atom is 0.331 e. The van der Waals surface area contributed by atoms with Gasteiger partial charge in [-0.3, -0.25) is 19.8 Å². The minimum absolute atomic E-state index is 0.0835. The van der Waals surface area contributed by atoms with Gasteiger partial charge in [-0.25, -0.2) is 4.79 Å². The second-order valence-electron chi connectivity index (χ2n) is 7.00. The molecule has 0 atom stereocenters. The minimum atomic E-state index is -0.794. The van der Waals surface area contributed by atoms with Gasteiger partial charge in [0.15, 0.2) is 0 Å². The summed E-state index contributed by atoms with van der Waals surface area (Å²) in [6, 6.07) is 12.9. The lowest BCUT2D eigenvalue weighted by molar-refractivity contribution is -0.130. The lowest BCUT2D eigenvalue weighted by Crippen LogP contribution is -2.53. The third kappa shape index (κ3) is 5.40. The van der Waals surface area contributed by atoms with Gasteiger partial charge in [0.1, 0.15) is 23.7 Å². The summed E-state index contributed by atoms with van der Waals surface area (Å²) in [4.78, 5) is 38.2. The minimum Gasteiger partial charge on any atom is -0.488 e. The molecule has 0 bridgehead atoms. The summed E-state index contributed by atoms with van der Waals surface area (Å²) in [6.45, 7) is 0.164. The van der Waals surface area contributed by atoms with Gasteiger partial charge in [-0.1, -0.05) is 35.3 Å². The van der Waals surface area contributed by atoms with Crippen molar-refractivity contribution in [3.8, 4) is 5.75 Å². The van der Waals surface area contributed by atoms with Crippen molar-refractivity contribution >= 4 is 69.7 Å². The third-order valence-corrected chi connectivity index (χ3v) is 6.18. The second-order valence-corrected chi connectivity index (χ2v) is 9.01. The highest BCUT2D eigenvalue weighted by Gasteiger charge is 2.36. The van der Waals surface area contributed by atoms with Crippen LogP contribution in [0.25, 0.3) is 6.08 Å². The normalized spacial score (nSPS) is 15.2. The van der Waals surface area contributed by atoms with Crippen LogP contribution in [0.1, 0.15) is 16.9 Å². The Bertz CT molecular complexity index is 1270. The fraction of sp³-hybridized carbons (Fsp3) is 0.0870. The second kappa shape index (κ2) is 9.98. The standard InChI is InChI=1S/C23H15Cl2IN2O5/c24-15-5-4-14(18(25)10-15)12-33-20-6-3-13(9-19(20)26)8-17-21(29)27-23(31)28(22(17)30)11-16-2-1-7-32-16/h1-10H,11-12H2,(H,27,29,31)/b17-8+. The molecule has 3 aromatic rings. The average molecular weight is 597 g/mol. The zero-order valence-electron chi connectivity index (χ0n) is 16.8. The number of amides is 4. The van der Waals surface area contributed by atoms with Crippen molar-refractivity contribution in [2.75, 3.05) is 0 Å². The largest absolute Gasteiger partial charge is 0.488 e. The SMILES string of the molecule is O=C1NC(=O)N(Cc2ccco2)C(=O)/C1=C/c1ccc(OCc2ccc(Cl)cc2Cl)c(I)c1. The Balaban J connectivity index is 1.51. The van der Waals surface area contributed by atoms with E-state index in [0.29, 0.717) is 27.1 Å². The van der Waals surface area contributed by atoms with Crippen LogP contribution in [0.2, 0.25) is 10.0 Å². The van der Waals surface area contributed by atoms with Crippen molar-refractivity contribution in [3.63, 3.8) is 0 Å². The first-order valence-electron chi connectivity index (χ1n) is 9.59. The molecule has 0 spiro atoms. The first kappa shape index (κ1) is 23.3. The van der Waals surface area contributed by atoms with Crippen molar-refractivity contribution in [3.05, 3.63) is 90.9 Å². The summed E-state index contributed by atoms with van der Waals surface area (Å²) in [5, 5.41) is 3.24. The Hall–Kier alpha value is -2.82. The maximum atomic E-state index is 12.8. The zero-order valence-corrected chi connectivity index (χ0v) is 20.5. The molecule has 1 aliphatic rings. The van der Waals surface area contributed by atoms with Gasteiger partial charge in [-0.2, -0.15) is 0 Å². The molecular weight excluding hydrogens is 582 g/mol. The number of benzene rings is 2. The number of ether oxygens (including phenoxy) is 1. The van der Waals surface area contributed by atoms with Crippen LogP contribution in [0, 0.1) is 3.57 Å². The summed E-state index contributed by atoms with van der Waals surface area (Å²) in [7, 11) is 0. The van der Waals surface area contributed by atoms with E-state index in [2.05, 4.69) is 27.9 Å². The van der Waals surface area contributed by atoms with E-state index in [0.717, 1.165) is 14.0 Å². The number of imide groups is 2. The topological polar surface area (TPSA) is 88.9 Å². The molecule has 0 radical (unpaired) electrons. The lowest BCUT2D eigenvalue weighted by atomic mass is 10.1. The molecule has 0 unspecified atom stereocenters. The smallest absolute Gasteiger partial charge is 0.331 e. The monoisotopic (exact) mass is 596 g/mol. The number of furan rings is 1. The number of urea groups is 1. The number of halogens is 3. The first-order chi connectivity index (χ1) is 15.8. The van der Waals surface area contributed by atoms with Crippen LogP contribution in [0.15, 0.2) is 64.8 Å². The molecule has 2 heterocycles. The molecule has 4 rings (SSSR count). The number of hydrogen-bond acceptors (Lipinski definition) is 5. The predicted octanol–water partition coefficient (Wildman–Crippen LogP) is 5.43. The molecule has 0 aliphatic carbocycles. The fourth-order valence-corrected chi connectivity index (χ4v) is 4.24. The van der Waals surface area contributed by atoms with Crippen molar-refractivity contribution in [2.24, 2.45) is 0 Å². The number of carbonyl (C=O) groups excluding carboxylic acids is 3. The summed E-state index contributed by atoms with van der Waals surface area (Å²) in [5.74, 6) is -0.428. The zero-order chi connectivity index (χ0) is 23.5. The van der Waals surface area contributed by atoms with Gasteiger partial charge in [-0.05, 0) is 70.6 Å². The Kier molecular flexibility index (Phi) is 7.06. The van der Waals surface area contributed by atoms with Gasteiger partial charge in [0.05, 0.1) is 16.4 Å². The van der Waals surface area contributed by atoms with E-state index in [1.807, 2.05) is 0 Å².